The van der Waals surface area contributed by atoms with E-state index in [1.165, 1.54) is 4.88 Å². The zero-order valence-electron chi connectivity index (χ0n) is 9.04. The molecule has 0 spiro atoms. The minimum atomic E-state index is 0.681. The van der Waals surface area contributed by atoms with Gasteiger partial charge in [-0.05, 0) is 36.8 Å². The predicted octanol–water partition coefficient (Wildman–Crippen LogP) is 4.29. The minimum absolute atomic E-state index is 0.681. The molecule has 5 heteroatoms. The lowest BCUT2D eigenvalue weighted by molar-refractivity contribution is 1.05. The second-order valence-electron chi connectivity index (χ2n) is 3.61. The van der Waals surface area contributed by atoms with E-state index in [0.29, 0.717) is 10.7 Å². The van der Waals surface area contributed by atoms with Crippen LogP contribution < -0.4 is 11.1 Å². The van der Waals surface area contributed by atoms with Crippen molar-refractivity contribution in [2.75, 3.05) is 17.6 Å². The van der Waals surface area contributed by atoms with Gasteiger partial charge in [0.05, 0.1) is 15.7 Å². The first-order chi connectivity index (χ1) is 8.15. The maximum Gasteiger partial charge on any atom is 0.0931 e. The first-order valence-corrected chi connectivity index (χ1v) is 6.75. The summed E-state index contributed by atoms with van der Waals surface area (Å²) in [5.74, 6) is 0. The molecule has 2 aromatic rings. The molecule has 0 bridgehead atoms. The summed E-state index contributed by atoms with van der Waals surface area (Å²) in [6.45, 7) is 0.807. The summed E-state index contributed by atoms with van der Waals surface area (Å²) in [5, 5.41) is 3.95. The summed E-state index contributed by atoms with van der Waals surface area (Å²) in [6, 6.07) is 9.36. The molecule has 0 saturated carbocycles. The first kappa shape index (κ1) is 12.6. The fourth-order valence-electron chi connectivity index (χ4n) is 1.49. The summed E-state index contributed by atoms with van der Waals surface area (Å²) in [4.78, 5) is 1.25. The minimum Gasteiger partial charge on any atom is -0.397 e. The average Bonchev–Trinajstić information content (AvgIpc) is 2.69. The van der Waals surface area contributed by atoms with E-state index in [9.17, 15) is 0 Å². The van der Waals surface area contributed by atoms with Crippen LogP contribution in [-0.2, 0) is 6.42 Å². The third-order valence-electron chi connectivity index (χ3n) is 2.33. The van der Waals surface area contributed by atoms with Crippen molar-refractivity contribution in [3.8, 4) is 0 Å². The summed E-state index contributed by atoms with van der Waals surface area (Å²) < 4.78 is 0.822. The molecule has 1 aromatic carbocycles. The molecule has 0 fully saturated rings. The molecular formula is C12H12Cl2N2S. The van der Waals surface area contributed by atoms with Crippen LogP contribution in [0, 0.1) is 0 Å². The molecule has 17 heavy (non-hydrogen) atoms. The van der Waals surface area contributed by atoms with Crippen LogP contribution in [0.4, 0.5) is 11.4 Å². The molecule has 2 nitrogen and oxygen atoms in total. The van der Waals surface area contributed by atoms with Crippen molar-refractivity contribution in [2.24, 2.45) is 0 Å². The molecule has 3 N–H and O–H groups in total. The SMILES string of the molecule is Nc1ccc(Cl)cc1NCCc1ccc(Cl)s1. The Hall–Kier alpha value is -0.900. The lowest BCUT2D eigenvalue weighted by atomic mass is 10.2. The standard InChI is InChI=1S/C12H12Cl2N2S/c13-8-1-3-10(15)11(7-8)16-6-5-9-2-4-12(14)17-9/h1-4,7,16H,5-6,15H2. The third-order valence-corrected chi connectivity index (χ3v) is 3.86. The molecule has 0 saturated heterocycles. The Labute approximate surface area is 114 Å². The highest BCUT2D eigenvalue weighted by atomic mass is 35.5. The van der Waals surface area contributed by atoms with E-state index < -0.39 is 0 Å². The van der Waals surface area contributed by atoms with Gasteiger partial charge >= 0.3 is 0 Å². The lowest BCUT2D eigenvalue weighted by Gasteiger charge is -2.08. The lowest BCUT2D eigenvalue weighted by Crippen LogP contribution is -2.06. The van der Waals surface area contributed by atoms with Crippen molar-refractivity contribution in [2.45, 2.75) is 6.42 Å². The van der Waals surface area contributed by atoms with Crippen molar-refractivity contribution in [3.63, 3.8) is 0 Å². The highest BCUT2D eigenvalue weighted by molar-refractivity contribution is 7.16. The van der Waals surface area contributed by atoms with Crippen LogP contribution in [0.15, 0.2) is 30.3 Å². The second-order valence-corrected chi connectivity index (χ2v) is 5.85. The number of halogens is 2. The van der Waals surface area contributed by atoms with E-state index in [1.54, 1.807) is 23.5 Å². The smallest absolute Gasteiger partial charge is 0.0931 e. The molecule has 0 atom stereocenters. The number of nitrogen functional groups attached to an aromatic ring is 1. The fraction of sp³-hybridized carbons (Fsp3) is 0.167. The number of rotatable bonds is 4. The quantitative estimate of drug-likeness (QED) is 0.823. The Balaban J connectivity index is 1.91. The zero-order chi connectivity index (χ0) is 12.3. The Morgan fingerprint density at radius 1 is 1.18 bits per heavy atom. The second kappa shape index (κ2) is 5.63. The van der Waals surface area contributed by atoms with Crippen molar-refractivity contribution < 1.29 is 0 Å². The maximum atomic E-state index is 5.91. The van der Waals surface area contributed by atoms with Gasteiger partial charge in [0.1, 0.15) is 0 Å². The monoisotopic (exact) mass is 286 g/mol. The summed E-state index contributed by atoms with van der Waals surface area (Å²) in [6.07, 6.45) is 0.920. The van der Waals surface area contributed by atoms with Crippen molar-refractivity contribution in [1.82, 2.24) is 0 Å². The number of nitrogens with one attached hydrogen (secondary N) is 1. The van der Waals surface area contributed by atoms with E-state index in [2.05, 4.69) is 5.32 Å². The van der Waals surface area contributed by atoms with E-state index in [-0.39, 0.29) is 0 Å². The molecule has 90 valence electrons. The average molecular weight is 287 g/mol. The molecule has 1 heterocycles. The van der Waals surface area contributed by atoms with E-state index in [1.807, 2.05) is 18.2 Å². The molecule has 0 unspecified atom stereocenters. The Morgan fingerprint density at radius 3 is 2.71 bits per heavy atom. The van der Waals surface area contributed by atoms with Crippen molar-refractivity contribution >= 4 is 45.9 Å². The number of benzene rings is 1. The molecular weight excluding hydrogens is 275 g/mol. The van der Waals surface area contributed by atoms with Gasteiger partial charge in [0.25, 0.3) is 0 Å². The summed E-state index contributed by atoms with van der Waals surface area (Å²) in [5.41, 5.74) is 7.42. The highest BCUT2D eigenvalue weighted by Gasteiger charge is 2.01. The van der Waals surface area contributed by atoms with Gasteiger partial charge in [0.15, 0.2) is 0 Å². The molecule has 0 amide bonds. The largest absolute Gasteiger partial charge is 0.397 e. The van der Waals surface area contributed by atoms with Crippen LogP contribution in [0.5, 0.6) is 0 Å². The van der Waals surface area contributed by atoms with Gasteiger partial charge < -0.3 is 11.1 Å². The van der Waals surface area contributed by atoms with E-state index in [0.717, 1.165) is 23.0 Å². The Morgan fingerprint density at radius 2 is 2.00 bits per heavy atom. The zero-order valence-corrected chi connectivity index (χ0v) is 11.4. The van der Waals surface area contributed by atoms with Crippen LogP contribution >= 0.6 is 34.5 Å². The maximum absolute atomic E-state index is 5.91. The Bertz CT molecular complexity index is 511. The topological polar surface area (TPSA) is 38.0 Å². The normalized spacial score (nSPS) is 10.5. The number of hydrogen-bond donors (Lipinski definition) is 2. The molecule has 0 radical (unpaired) electrons. The van der Waals surface area contributed by atoms with Crippen LogP contribution in [0.2, 0.25) is 9.36 Å². The van der Waals surface area contributed by atoms with Crippen LogP contribution in [0.3, 0.4) is 0 Å². The van der Waals surface area contributed by atoms with Crippen molar-refractivity contribution in [3.05, 3.63) is 44.6 Å². The van der Waals surface area contributed by atoms with Crippen LogP contribution in [0.1, 0.15) is 4.88 Å². The van der Waals surface area contributed by atoms with Gasteiger partial charge in [0.2, 0.25) is 0 Å². The van der Waals surface area contributed by atoms with E-state index >= 15 is 0 Å². The van der Waals surface area contributed by atoms with Crippen LogP contribution in [-0.4, -0.2) is 6.54 Å². The highest BCUT2D eigenvalue weighted by Crippen LogP contribution is 2.24. The Kier molecular flexibility index (Phi) is 4.15. The number of anilines is 2. The number of nitrogens with two attached hydrogens (primary N) is 1. The molecule has 0 aliphatic carbocycles. The first-order valence-electron chi connectivity index (χ1n) is 5.18. The molecule has 0 aliphatic heterocycles. The van der Waals surface area contributed by atoms with Gasteiger partial charge in [-0.15, -0.1) is 11.3 Å². The number of thiophene rings is 1. The van der Waals surface area contributed by atoms with Crippen LogP contribution in [0.25, 0.3) is 0 Å². The fourth-order valence-corrected chi connectivity index (χ4v) is 2.75. The van der Waals surface area contributed by atoms with Gasteiger partial charge in [-0.2, -0.15) is 0 Å². The van der Waals surface area contributed by atoms with Gasteiger partial charge in [-0.3, -0.25) is 0 Å². The summed E-state index contributed by atoms with van der Waals surface area (Å²) >= 11 is 13.4. The van der Waals surface area contributed by atoms with Gasteiger partial charge in [-0.25, -0.2) is 0 Å². The summed E-state index contributed by atoms with van der Waals surface area (Å²) in [7, 11) is 0. The number of hydrogen-bond acceptors (Lipinski definition) is 3. The van der Waals surface area contributed by atoms with Gasteiger partial charge in [0, 0.05) is 16.4 Å². The molecule has 0 aliphatic rings. The third kappa shape index (κ3) is 3.53. The predicted molar refractivity (Wildman–Crippen MR) is 77.4 cm³/mol. The molecule has 1 aromatic heterocycles. The van der Waals surface area contributed by atoms with Gasteiger partial charge in [-0.1, -0.05) is 23.2 Å². The molecule has 2 rings (SSSR count). The van der Waals surface area contributed by atoms with Crippen molar-refractivity contribution in [1.29, 1.82) is 0 Å². The van der Waals surface area contributed by atoms with E-state index in [4.69, 9.17) is 28.9 Å².